The Morgan fingerprint density at radius 2 is 2.12 bits per heavy atom. The molecule has 1 aromatic carbocycles. The van der Waals surface area contributed by atoms with Crippen molar-refractivity contribution in [2.75, 3.05) is 11.9 Å². The van der Waals surface area contributed by atoms with Gasteiger partial charge in [0.2, 0.25) is 5.91 Å². The zero-order valence-electron chi connectivity index (χ0n) is 14.4. The summed E-state index contributed by atoms with van der Waals surface area (Å²) in [5.74, 6) is 0.737. The van der Waals surface area contributed by atoms with Crippen LogP contribution in [0.25, 0.3) is 0 Å². The van der Waals surface area contributed by atoms with Crippen molar-refractivity contribution in [1.82, 2.24) is 14.9 Å². The molecule has 4 rings (SSSR count). The molecule has 1 aromatic heterocycles. The smallest absolute Gasteiger partial charge is 0.273 e. The Morgan fingerprint density at radius 3 is 2.88 bits per heavy atom. The van der Waals surface area contributed by atoms with Gasteiger partial charge >= 0.3 is 0 Å². The first-order valence-corrected chi connectivity index (χ1v) is 9.00. The van der Waals surface area contributed by atoms with Gasteiger partial charge in [-0.05, 0) is 43.4 Å². The summed E-state index contributed by atoms with van der Waals surface area (Å²) in [7, 11) is 0. The number of benzene rings is 1. The van der Waals surface area contributed by atoms with Gasteiger partial charge in [0.25, 0.3) is 5.91 Å². The van der Waals surface area contributed by atoms with Gasteiger partial charge in [0.05, 0.1) is 12.2 Å². The average molecular weight is 356 g/mol. The minimum absolute atomic E-state index is 0.0175. The van der Waals surface area contributed by atoms with Crippen LogP contribution in [0.4, 0.5) is 10.1 Å². The van der Waals surface area contributed by atoms with Crippen molar-refractivity contribution < 1.29 is 14.0 Å². The van der Waals surface area contributed by atoms with E-state index in [1.165, 1.54) is 12.1 Å². The number of carbonyl (C=O) groups excluding carboxylic acids is 2. The molecule has 0 spiro atoms. The van der Waals surface area contributed by atoms with Crippen LogP contribution in [0.15, 0.2) is 30.5 Å². The Bertz CT molecular complexity index is 844. The number of carbonyl (C=O) groups is 2. The van der Waals surface area contributed by atoms with Gasteiger partial charge < -0.3 is 15.2 Å². The molecule has 2 N–H and O–H groups in total. The van der Waals surface area contributed by atoms with Crippen LogP contribution in [0, 0.1) is 11.7 Å². The molecule has 7 heteroatoms. The van der Waals surface area contributed by atoms with E-state index in [0.29, 0.717) is 30.3 Å². The topological polar surface area (TPSA) is 76.0 Å². The molecule has 136 valence electrons. The zero-order valence-corrected chi connectivity index (χ0v) is 14.4. The molecular weight excluding hydrogens is 335 g/mol. The van der Waals surface area contributed by atoms with E-state index in [-0.39, 0.29) is 17.9 Å². The molecule has 0 unspecified atom stereocenters. The maximum atomic E-state index is 13.3. The van der Waals surface area contributed by atoms with Crippen molar-refractivity contribution in [2.24, 2.45) is 5.92 Å². The van der Waals surface area contributed by atoms with Gasteiger partial charge in [0.15, 0.2) is 0 Å². The molecule has 0 radical (unpaired) electrons. The lowest BCUT2D eigenvalue weighted by Crippen LogP contribution is -2.31. The third kappa shape index (κ3) is 3.61. The third-order valence-corrected chi connectivity index (χ3v) is 4.96. The molecule has 1 atom stereocenters. The van der Waals surface area contributed by atoms with Crippen molar-refractivity contribution in [1.29, 1.82) is 0 Å². The summed E-state index contributed by atoms with van der Waals surface area (Å²) in [5.41, 5.74) is 0.834. The standard InChI is InChI=1S/C19H21FN4O2/c20-13-2-1-3-14(9-13)23-19(26)16-11-21-17-7-6-15(24(16)17)10-22-18(25)8-12-4-5-12/h1-3,9,11-12,15H,4-8,10H2,(H,22,25)(H,23,26)/t15-/m1/s1. The lowest BCUT2D eigenvalue weighted by atomic mass is 10.2. The summed E-state index contributed by atoms with van der Waals surface area (Å²) in [6.07, 6.45) is 6.04. The third-order valence-electron chi connectivity index (χ3n) is 4.96. The monoisotopic (exact) mass is 356 g/mol. The summed E-state index contributed by atoms with van der Waals surface area (Å²) in [5, 5.41) is 5.69. The predicted molar refractivity (Wildman–Crippen MR) is 94.3 cm³/mol. The summed E-state index contributed by atoms with van der Waals surface area (Å²) in [6.45, 7) is 0.495. The van der Waals surface area contributed by atoms with Crippen LogP contribution in [-0.2, 0) is 11.2 Å². The number of hydrogen-bond donors (Lipinski definition) is 2. The van der Waals surface area contributed by atoms with E-state index in [0.717, 1.165) is 31.5 Å². The molecule has 1 aliphatic carbocycles. The molecule has 1 aliphatic heterocycles. The fraction of sp³-hybridized carbons (Fsp3) is 0.421. The normalized spacial score (nSPS) is 18.4. The number of imidazole rings is 1. The second kappa shape index (κ2) is 6.90. The van der Waals surface area contributed by atoms with Gasteiger partial charge in [-0.15, -0.1) is 0 Å². The van der Waals surface area contributed by atoms with Gasteiger partial charge in [0.1, 0.15) is 17.3 Å². The lowest BCUT2D eigenvalue weighted by Gasteiger charge is -2.17. The van der Waals surface area contributed by atoms with E-state index in [1.54, 1.807) is 18.3 Å². The van der Waals surface area contributed by atoms with Crippen molar-refractivity contribution in [3.05, 3.63) is 47.8 Å². The largest absolute Gasteiger partial charge is 0.354 e. The van der Waals surface area contributed by atoms with E-state index < -0.39 is 5.82 Å². The minimum atomic E-state index is -0.405. The summed E-state index contributed by atoms with van der Waals surface area (Å²) in [4.78, 5) is 28.9. The average Bonchev–Trinajstić information content (AvgIpc) is 3.17. The number of aryl methyl sites for hydroxylation is 1. The second-order valence-electron chi connectivity index (χ2n) is 7.04. The van der Waals surface area contributed by atoms with E-state index >= 15 is 0 Å². The van der Waals surface area contributed by atoms with E-state index in [2.05, 4.69) is 15.6 Å². The molecular formula is C19H21FN4O2. The number of aromatic nitrogens is 2. The summed E-state index contributed by atoms with van der Waals surface area (Å²) < 4.78 is 15.2. The highest BCUT2D eigenvalue weighted by molar-refractivity contribution is 6.03. The molecule has 1 saturated carbocycles. The van der Waals surface area contributed by atoms with Crippen LogP contribution < -0.4 is 10.6 Å². The quantitative estimate of drug-likeness (QED) is 0.835. The number of rotatable bonds is 6. The number of halogens is 1. The molecule has 26 heavy (non-hydrogen) atoms. The van der Waals surface area contributed by atoms with Crippen LogP contribution >= 0.6 is 0 Å². The van der Waals surface area contributed by atoms with E-state index in [9.17, 15) is 14.0 Å². The number of anilines is 1. The molecule has 1 fully saturated rings. The van der Waals surface area contributed by atoms with Crippen molar-refractivity contribution in [3.63, 3.8) is 0 Å². The van der Waals surface area contributed by atoms with Gasteiger partial charge in [0, 0.05) is 25.1 Å². The molecule has 2 heterocycles. The van der Waals surface area contributed by atoms with Gasteiger partial charge in [-0.25, -0.2) is 9.37 Å². The molecule has 2 aromatic rings. The number of hydrogen-bond acceptors (Lipinski definition) is 3. The van der Waals surface area contributed by atoms with Gasteiger partial charge in [-0.1, -0.05) is 6.07 Å². The predicted octanol–water partition coefficient (Wildman–Crippen LogP) is 2.68. The van der Waals surface area contributed by atoms with Gasteiger partial charge in [-0.2, -0.15) is 0 Å². The highest BCUT2D eigenvalue weighted by Gasteiger charge is 2.29. The van der Waals surface area contributed by atoms with Crippen LogP contribution in [0.1, 0.15) is 48.0 Å². The first-order valence-electron chi connectivity index (χ1n) is 9.00. The highest BCUT2D eigenvalue weighted by Crippen LogP contribution is 2.32. The summed E-state index contributed by atoms with van der Waals surface area (Å²) >= 11 is 0. The number of amides is 2. The molecule has 0 bridgehead atoms. The first-order chi connectivity index (χ1) is 12.6. The maximum Gasteiger partial charge on any atom is 0.273 e. The molecule has 2 amide bonds. The number of fused-ring (bicyclic) bond motifs is 1. The minimum Gasteiger partial charge on any atom is -0.354 e. The summed E-state index contributed by atoms with van der Waals surface area (Å²) in [6, 6.07) is 5.80. The second-order valence-corrected chi connectivity index (χ2v) is 7.04. The Hall–Kier alpha value is -2.70. The Morgan fingerprint density at radius 1 is 1.27 bits per heavy atom. The zero-order chi connectivity index (χ0) is 18.1. The Labute approximate surface area is 150 Å². The van der Waals surface area contributed by atoms with Crippen LogP contribution in [0.3, 0.4) is 0 Å². The Balaban J connectivity index is 1.43. The number of nitrogens with zero attached hydrogens (tertiary/aromatic N) is 2. The van der Waals surface area contributed by atoms with Crippen molar-refractivity contribution in [3.8, 4) is 0 Å². The lowest BCUT2D eigenvalue weighted by molar-refractivity contribution is -0.121. The van der Waals surface area contributed by atoms with E-state index in [1.807, 2.05) is 4.57 Å². The fourth-order valence-corrected chi connectivity index (χ4v) is 3.43. The number of nitrogens with one attached hydrogen (secondary N) is 2. The van der Waals surface area contributed by atoms with Crippen molar-refractivity contribution in [2.45, 2.75) is 38.1 Å². The van der Waals surface area contributed by atoms with Gasteiger partial charge in [-0.3, -0.25) is 9.59 Å². The van der Waals surface area contributed by atoms with Crippen LogP contribution in [-0.4, -0.2) is 27.9 Å². The SMILES string of the molecule is O=C(CC1CC1)NC[C@H]1CCc2ncc(C(=O)Nc3cccc(F)c3)n21. The van der Waals surface area contributed by atoms with Crippen molar-refractivity contribution >= 4 is 17.5 Å². The highest BCUT2D eigenvalue weighted by atomic mass is 19.1. The van der Waals surface area contributed by atoms with E-state index in [4.69, 9.17) is 0 Å². The first kappa shape index (κ1) is 16.8. The maximum absolute atomic E-state index is 13.3. The Kier molecular flexibility index (Phi) is 4.44. The molecule has 0 saturated heterocycles. The molecule has 2 aliphatic rings. The fourth-order valence-electron chi connectivity index (χ4n) is 3.43. The molecule has 6 nitrogen and oxygen atoms in total. The van der Waals surface area contributed by atoms with Crippen LogP contribution in [0.5, 0.6) is 0 Å². The van der Waals surface area contributed by atoms with Crippen LogP contribution in [0.2, 0.25) is 0 Å².